The first-order chi connectivity index (χ1) is 15.0. The minimum absolute atomic E-state index is 0.177. The van der Waals surface area contributed by atoms with Crippen LogP contribution in [0.3, 0.4) is 0 Å². The van der Waals surface area contributed by atoms with Crippen molar-refractivity contribution in [3.8, 4) is 5.75 Å². The molecule has 5 atom stereocenters. The van der Waals surface area contributed by atoms with Crippen molar-refractivity contribution in [1.82, 2.24) is 0 Å². The summed E-state index contributed by atoms with van der Waals surface area (Å²) in [5, 5.41) is 0.215. The van der Waals surface area contributed by atoms with Crippen molar-refractivity contribution in [2.75, 3.05) is 6.61 Å². The molecule has 32 heavy (non-hydrogen) atoms. The fourth-order valence-electron chi connectivity index (χ4n) is 2.98. The first-order valence-electron chi connectivity index (χ1n) is 9.40. The van der Waals surface area contributed by atoms with Crippen LogP contribution in [0, 0.1) is 0 Å². The summed E-state index contributed by atoms with van der Waals surface area (Å²) >= 11 is 9.50. The normalized spacial score (nSPS) is 24.8. The van der Waals surface area contributed by atoms with Crippen LogP contribution in [0.5, 0.6) is 5.75 Å². The van der Waals surface area contributed by atoms with Gasteiger partial charge >= 0.3 is 23.9 Å². The molecule has 12 heteroatoms. The molecule has 2 unspecified atom stereocenters. The van der Waals surface area contributed by atoms with E-state index < -0.39 is 54.6 Å². The number of carbonyl (C=O) groups is 4. The van der Waals surface area contributed by atoms with Crippen molar-refractivity contribution in [1.29, 1.82) is 0 Å². The van der Waals surface area contributed by atoms with E-state index >= 15 is 0 Å². The summed E-state index contributed by atoms with van der Waals surface area (Å²) in [5.74, 6) is -2.63. The van der Waals surface area contributed by atoms with Crippen LogP contribution in [0.15, 0.2) is 22.7 Å². The van der Waals surface area contributed by atoms with Gasteiger partial charge < -0.3 is 28.4 Å². The van der Waals surface area contributed by atoms with Crippen molar-refractivity contribution in [3.63, 3.8) is 0 Å². The lowest BCUT2D eigenvalue weighted by molar-refractivity contribution is -0.288. The molecule has 10 nitrogen and oxygen atoms in total. The molecule has 0 radical (unpaired) electrons. The summed E-state index contributed by atoms with van der Waals surface area (Å²) in [6.07, 6.45) is -6.39. The Morgan fingerprint density at radius 3 is 2.00 bits per heavy atom. The molecule has 0 amide bonds. The van der Waals surface area contributed by atoms with Crippen LogP contribution in [0.4, 0.5) is 0 Å². The summed E-state index contributed by atoms with van der Waals surface area (Å²) in [7, 11) is 0. The Kier molecular flexibility index (Phi) is 9.29. The lowest BCUT2D eigenvalue weighted by atomic mass is 9.98. The molecule has 1 heterocycles. The number of hydrogen-bond acceptors (Lipinski definition) is 10. The Morgan fingerprint density at radius 1 is 0.906 bits per heavy atom. The van der Waals surface area contributed by atoms with Gasteiger partial charge in [-0.05, 0) is 18.2 Å². The molecule has 1 aliphatic rings. The maximum absolute atomic E-state index is 11.8. The summed E-state index contributed by atoms with van der Waals surface area (Å²) in [4.78, 5) is 46.7. The molecular formula is C20H22BrClO10. The molecule has 1 aromatic carbocycles. The van der Waals surface area contributed by atoms with Gasteiger partial charge in [0.2, 0.25) is 12.4 Å². The third kappa shape index (κ3) is 7.35. The fourth-order valence-corrected chi connectivity index (χ4v) is 3.70. The highest BCUT2D eigenvalue weighted by Gasteiger charge is 2.53. The van der Waals surface area contributed by atoms with Crippen molar-refractivity contribution in [2.24, 2.45) is 0 Å². The van der Waals surface area contributed by atoms with Gasteiger partial charge in [-0.2, -0.15) is 0 Å². The van der Waals surface area contributed by atoms with Gasteiger partial charge in [0.05, 0.1) is 5.02 Å². The maximum atomic E-state index is 11.8. The van der Waals surface area contributed by atoms with Crippen molar-refractivity contribution in [3.05, 3.63) is 27.7 Å². The van der Waals surface area contributed by atoms with Gasteiger partial charge in [-0.3, -0.25) is 19.2 Å². The van der Waals surface area contributed by atoms with Crippen LogP contribution in [-0.2, 0) is 42.9 Å². The van der Waals surface area contributed by atoms with Crippen molar-refractivity contribution >= 4 is 51.4 Å². The first kappa shape index (κ1) is 25.9. The molecular weight excluding hydrogens is 516 g/mol. The Morgan fingerprint density at radius 2 is 1.47 bits per heavy atom. The summed E-state index contributed by atoms with van der Waals surface area (Å²) in [5.41, 5.74) is 0. The van der Waals surface area contributed by atoms with E-state index in [4.69, 9.17) is 40.0 Å². The maximum Gasteiger partial charge on any atom is 0.303 e. The van der Waals surface area contributed by atoms with Crippen molar-refractivity contribution < 1.29 is 47.6 Å². The van der Waals surface area contributed by atoms with E-state index in [0.29, 0.717) is 4.47 Å². The van der Waals surface area contributed by atoms with E-state index in [9.17, 15) is 19.2 Å². The Hall–Kier alpha value is -2.37. The van der Waals surface area contributed by atoms with E-state index in [1.165, 1.54) is 6.92 Å². The van der Waals surface area contributed by atoms with Gasteiger partial charge in [0.25, 0.3) is 0 Å². The second-order valence-electron chi connectivity index (χ2n) is 6.76. The first-order valence-corrected chi connectivity index (χ1v) is 10.6. The van der Waals surface area contributed by atoms with Crippen LogP contribution in [0.25, 0.3) is 0 Å². The molecule has 0 aromatic heterocycles. The van der Waals surface area contributed by atoms with E-state index in [1.807, 2.05) is 0 Å². The number of carbonyl (C=O) groups excluding carboxylic acids is 4. The topological polar surface area (TPSA) is 124 Å². The number of halogens is 2. The van der Waals surface area contributed by atoms with Gasteiger partial charge in [0.1, 0.15) is 18.5 Å². The smallest absolute Gasteiger partial charge is 0.303 e. The molecule has 2 rings (SSSR count). The van der Waals surface area contributed by atoms with Gasteiger partial charge in [0, 0.05) is 32.2 Å². The fraction of sp³-hybridized carbons (Fsp3) is 0.500. The molecule has 1 aliphatic heterocycles. The predicted molar refractivity (Wildman–Crippen MR) is 112 cm³/mol. The number of rotatable bonds is 7. The highest BCUT2D eigenvalue weighted by molar-refractivity contribution is 9.10. The van der Waals surface area contributed by atoms with Crippen LogP contribution < -0.4 is 4.74 Å². The van der Waals surface area contributed by atoms with E-state index in [1.54, 1.807) is 18.2 Å². The standard InChI is InChI=1S/C20H22BrClO10/c1-9(23)27-8-16-17(28-10(2)24)18(29-11(3)25)19(30-12(4)26)20(32-16)31-15-6-5-13(21)7-14(15)22/h5-7,16-20H,8H2,1-4H3/t16?,17-,18?,19-,20+/m1/s1. The highest BCUT2D eigenvalue weighted by Crippen LogP contribution is 2.34. The van der Waals surface area contributed by atoms with Crippen LogP contribution in [-0.4, -0.2) is 61.2 Å². The van der Waals surface area contributed by atoms with Gasteiger partial charge in [-0.15, -0.1) is 0 Å². The quantitative estimate of drug-likeness (QED) is 0.379. The molecule has 0 spiro atoms. The molecule has 176 valence electrons. The van der Waals surface area contributed by atoms with Gasteiger partial charge in [0.15, 0.2) is 12.2 Å². The van der Waals surface area contributed by atoms with Crippen LogP contribution in [0.1, 0.15) is 27.7 Å². The van der Waals surface area contributed by atoms with E-state index in [0.717, 1.165) is 20.8 Å². The van der Waals surface area contributed by atoms with Crippen molar-refractivity contribution in [2.45, 2.75) is 58.4 Å². The molecule has 1 fully saturated rings. The third-order valence-electron chi connectivity index (χ3n) is 4.09. The molecule has 1 saturated heterocycles. The Bertz CT molecular complexity index is 876. The monoisotopic (exact) mass is 536 g/mol. The zero-order chi connectivity index (χ0) is 24.0. The van der Waals surface area contributed by atoms with Crippen LogP contribution >= 0.6 is 27.5 Å². The molecule has 0 bridgehead atoms. The minimum Gasteiger partial charge on any atom is -0.463 e. The van der Waals surface area contributed by atoms with E-state index in [-0.39, 0.29) is 17.4 Å². The molecule has 0 aliphatic carbocycles. The molecule has 0 N–H and O–H groups in total. The second kappa shape index (κ2) is 11.5. The van der Waals surface area contributed by atoms with E-state index in [2.05, 4.69) is 15.9 Å². The molecule has 0 saturated carbocycles. The largest absolute Gasteiger partial charge is 0.463 e. The average molecular weight is 538 g/mol. The Labute approximate surface area is 197 Å². The van der Waals surface area contributed by atoms with Gasteiger partial charge in [-0.25, -0.2) is 0 Å². The summed E-state index contributed by atoms with van der Waals surface area (Å²) in [6.45, 7) is 4.24. The molecule has 1 aromatic rings. The minimum atomic E-state index is -1.35. The SMILES string of the molecule is CC(=O)OCC1O[C@H](Oc2ccc(Br)cc2Cl)[C@H](OC(C)=O)C(OC(C)=O)[C@@H]1OC(C)=O. The number of hydrogen-bond donors (Lipinski definition) is 0. The average Bonchev–Trinajstić information content (AvgIpc) is 2.65. The zero-order valence-electron chi connectivity index (χ0n) is 17.7. The number of esters is 4. The zero-order valence-corrected chi connectivity index (χ0v) is 20.0. The van der Waals surface area contributed by atoms with Gasteiger partial charge in [-0.1, -0.05) is 27.5 Å². The third-order valence-corrected chi connectivity index (χ3v) is 4.87. The lowest BCUT2D eigenvalue weighted by Gasteiger charge is -2.44. The number of benzene rings is 1. The second-order valence-corrected chi connectivity index (χ2v) is 8.08. The number of ether oxygens (including phenoxy) is 6. The lowest BCUT2D eigenvalue weighted by Crippen LogP contribution is -2.63. The Balaban J connectivity index is 2.47. The summed E-state index contributed by atoms with van der Waals surface area (Å²) < 4.78 is 33.3. The highest BCUT2D eigenvalue weighted by atomic mass is 79.9. The predicted octanol–water partition coefficient (Wildman–Crippen LogP) is 2.56. The summed E-state index contributed by atoms with van der Waals surface area (Å²) in [6, 6.07) is 4.77. The van der Waals surface area contributed by atoms with Crippen LogP contribution in [0.2, 0.25) is 5.02 Å².